The predicted octanol–water partition coefficient (Wildman–Crippen LogP) is 5.51. The van der Waals surface area contributed by atoms with Gasteiger partial charge in [-0.3, -0.25) is 0 Å². The van der Waals surface area contributed by atoms with E-state index in [9.17, 15) is 0 Å². The van der Waals surface area contributed by atoms with Crippen LogP contribution in [0.25, 0.3) is 0 Å². The van der Waals surface area contributed by atoms with Crippen molar-refractivity contribution in [1.29, 1.82) is 0 Å². The smallest absolute Gasteiger partial charge is 0.138 e. The number of halogens is 3. The third-order valence-corrected chi connectivity index (χ3v) is 4.35. The molecular formula is C11H7Br2ClOS. The van der Waals surface area contributed by atoms with Crippen LogP contribution in [0.3, 0.4) is 0 Å². The van der Waals surface area contributed by atoms with Crippen LogP contribution in [0.5, 0.6) is 5.75 Å². The molecule has 0 aliphatic rings. The molecule has 0 atom stereocenters. The second-order valence-electron chi connectivity index (χ2n) is 3.09. The van der Waals surface area contributed by atoms with Gasteiger partial charge in [0, 0.05) is 19.2 Å². The number of rotatable bonds is 3. The summed E-state index contributed by atoms with van der Waals surface area (Å²) in [6, 6.07) is 7.62. The maximum absolute atomic E-state index is 6.04. The number of thiophene rings is 1. The molecule has 1 aromatic carbocycles. The van der Waals surface area contributed by atoms with Gasteiger partial charge in [0.15, 0.2) is 0 Å². The molecule has 0 saturated heterocycles. The number of hydrogen-bond donors (Lipinski definition) is 0. The lowest BCUT2D eigenvalue weighted by Crippen LogP contribution is -1.93. The summed E-state index contributed by atoms with van der Waals surface area (Å²) in [5.41, 5.74) is 0. The molecule has 1 heterocycles. The van der Waals surface area contributed by atoms with Crippen molar-refractivity contribution in [3.63, 3.8) is 0 Å². The summed E-state index contributed by atoms with van der Waals surface area (Å²) in [5.74, 6) is 0.703. The Labute approximate surface area is 120 Å². The fourth-order valence-corrected chi connectivity index (χ4v) is 3.26. The summed E-state index contributed by atoms with van der Waals surface area (Å²) in [5, 5.41) is 2.65. The van der Waals surface area contributed by atoms with Crippen molar-refractivity contribution in [3.05, 3.63) is 48.5 Å². The summed E-state index contributed by atoms with van der Waals surface area (Å²) in [7, 11) is 0. The average molecular weight is 383 g/mol. The van der Waals surface area contributed by atoms with E-state index in [1.807, 2.05) is 29.6 Å². The molecule has 0 fully saturated rings. The molecule has 0 spiro atoms. The molecule has 0 unspecified atom stereocenters. The molecule has 2 aromatic rings. The highest BCUT2D eigenvalue weighted by Crippen LogP contribution is 2.29. The molecule has 0 bridgehead atoms. The Balaban J connectivity index is 2.04. The summed E-state index contributed by atoms with van der Waals surface area (Å²) in [4.78, 5) is 1.16. The van der Waals surface area contributed by atoms with E-state index in [-0.39, 0.29) is 0 Å². The second-order valence-corrected chi connectivity index (χ2v) is 6.33. The first-order chi connectivity index (χ1) is 7.65. The molecule has 0 amide bonds. The summed E-state index contributed by atoms with van der Waals surface area (Å²) in [6.45, 7) is 0.539. The van der Waals surface area contributed by atoms with E-state index >= 15 is 0 Å². The second kappa shape index (κ2) is 5.54. The van der Waals surface area contributed by atoms with Gasteiger partial charge in [0.1, 0.15) is 12.4 Å². The lowest BCUT2D eigenvalue weighted by atomic mass is 10.3. The third kappa shape index (κ3) is 3.23. The minimum atomic E-state index is 0.539. The minimum absolute atomic E-state index is 0.539. The first kappa shape index (κ1) is 12.4. The Kier molecular flexibility index (Phi) is 4.30. The standard InChI is InChI=1S/C11H7Br2ClOS/c12-7-1-2-11(10(14)4-7)15-5-9-3-8(13)6-16-9/h1-4,6H,5H2. The fourth-order valence-electron chi connectivity index (χ4n) is 1.17. The van der Waals surface area contributed by atoms with Gasteiger partial charge >= 0.3 is 0 Å². The first-order valence-corrected chi connectivity index (χ1v) is 7.30. The fraction of sp³-hybridized carbons (Fsp3) is 0.0909. The van der Waals surface area contributed by atoms with E-state index in [1.54, 1.807) is 11.3 Å². The van der Waals surface area contributed by atoms with Gasteiger partial charge in [-0.15, -0.1) is 11.3 Å². The van der Waals surface area contributed by atoms with Gasteiger partial charge in [0.05, 0.1) is 5.02 Å². The Morgan fingerprint density at radius 3 is 2.62 bits per heavy atom. The molecule has 0 N–H and O–H groups in total. The Morgan fingerprint density at radius 1 is 1.19 bits per heavy atom. The lowest BCUT2D eigenvalue weighted by molar-refractivity contribution is 0.310. The number of benzene rings is 1. The molecule has 0 radical (unpaired) electrons. The van der Waals surface area contributed by atoms with E-state index in [2.05, 4.69) is 31.9 Å². The third-order valence-electron chi connectivity index (χ3n) is 1.89. The van der Waals surface area contributed by atoms with Crippen LogP contribution in [0.2, 0.25) is 5.02 Å². The molecule has 0 aliphatic carbocycles. The monoisotopic (exact) mass is 380 g/mol. The maximum Gasteiger partial charge on any atom is 0.138 e. The molecule has 5 heteroatoms. The topological polar surface area (TPSA) is 9.23 Å². The van der Waals surface area contributed by atoms with Crippen LogP contribution >= 0.6 is 54.8 Å². The SMILES string of the molecule is Clc1cc(Br)ccc1OCc1cc(Br)cs1. The van der Waals surface area contributed by atoms with E-state index < -0.39 is 0 Å². The van der Waals surface area contributed by atoms with Crippen LogP contribution in [0, 0.1) is 0 Å². The van der Waals surface area contributed by atoms with E-state index in [1.165, 1.54) is 0 Å². The van der Waals surface area contributed by atoms with Crippen molar-refractivity contribution in [3.8, 4) is 5.75 Å². The van der Waals surface area contributed by atoms with Crippen LogP contribution in [0.15, 0.2) is 38.6 Å². The normalized spacial score (nSPS) is 10.4. The zero-order valence-electron chi connectivity index (χ0n) is 8.04. The maximum atomic E-state index is 6.04. The number of ether oxygens (including phenoxy) is 1. The molecule has 0 saturated carbocycles. The molecule has 0 aliphatic heterocycles. The van der Waals surface area contributed by atoms with E-state index in [0.717, 1.165) is 13.8 Å². The summed E-state index contributed by atoms with van der Waals surface area (Å²) in [6.07, 6.45) is 0. The van der Waals surface area contributed by atoms with Crippen LogP contribution in [0.4, 0.5) is 0 Å². The van der Waals surface area contributed by atoms with E-state index in [0.29, 0.717) is 17.4 Å². The molecule has 84 valence electrons. The average Bonchev–Trinajstić information content (AvgIpc) is 2.63. The van der Waals surface area contributed by atoms with Crippen molar-refractivity contribution in [1.82, 2.24) is 0 Å². The van der Waals surface area contributed by atoms with Crippen LogP contribution < -0.4 is 4.74 Å². The minimum Gasteiger partial charge on any atom is -0.487 e. The quantitative estimate of drug-likeness (QED) is 0.681. The largest absolute Gasteiger partial charge is 0.487 e. The Bertz CT molecular complexity index is 498. The molecular weight excluding hydrogens is 375 g/mol. The van der Waals surface area contributed by atoms with Crippen molar-refractivity contribution < 1.29 is 4.74 Å². The highest BCUT2D eigenvalue weighted by atomic mass is 79.9. The molecule has 1 nitrogen and oxygen atoms in total. The van der Waals surface area contributed by atoms with E-state index in [4.69, 9.17) is 16.3 Å². The number of hydrogen-bond acceptors (Lipinski definition) is 2. The van der Waals surface area contributed by atoms with Crippen molar-refractivity contribution >= 4 is 54.8 Å². The Morgan fingerprint density at radius 2 is 2.00 bits per heavy atom. The van der Waals surface area contributed by atoms with Crippen molar-refractivity contribution in [2.75, 3.05) is 0 Å². The van der Waals surface area contributed by atoms with Crippen LogP contribution in [-0.4, -0.2) is 0 Å². The van der Waals surface area contributed by atoms with Gasteiger partial charge in [0.25, 0.3) is 0 Å². The summed E-state index contributed by atoms with van der Waals surface area (Å²) >= 11 is 14.5. The Hall–Kier alpha value is -0.0300. The predicted molar refractivity (Wildman–Crippen MR) is 75.5 cm³/mol. The lowest BCUT2D eigenvalue weighted by Gasteiger charge is -2.06. The van der Waals surface area contributed by atoms with Gasteiger partial charge in [-0.25, -0.2) is 0 Å². The van der Waals surface area contributed by atoms with Gasteiger partial charge in [0.2, 0.25) is 0 Å². The zero-order chi connectivity index (χ0) is 11.5. The first-order valence-electron chi connectivity index (χ1n) is 4.46. The summed E-state index contributed by atoms with van der Waals surface area (Å²) < 4.78 is 7.66. The van der Waals surface area contributed by atoms with Gasteiger partial charge in [-0.05, 0) is 40.2 Å². The van der Waals surface area contributed by atoms with Crippen molar-refractivity contribution in [2.24, 2.45) is 0 Å². The molecule has 1 aromatic heterocycles. The van der Waals surface area contributed by atoms with Crippen LogP contribution in [0.1, 0.15) is 4.88 Å². The molecule has 16 heavy (non-hydrogen) atoms. The highest BCUT2D eigenvalue weighted by molar-refractivity contribution is 9.10. The highest BCUT2D eigenvalue weighted by Gasteiger charge is 2.03. The van der Waals surface area contributed by atoms with Gasteiger partial charge in [-0.2, -0.15) is 0 Å². The van der Waals surface area contributed by atoms with Crippen LogP contribution in [-0.2, 0) is 6.61 Å². The zero-order valence-corrected chi connectivity index (χ0v) is 12.8. The van der Waals surface area contributed by atoms with Gasteiger partial charge in [-0.1, -0.05) is 27.5 Å². The van der Waals surface area contributed by atoms with Crippen molar-refractivity contribution in [2.45, 2.75) is 6.61 Å². The molecule has 2 rings (SSSR count). The van der Waals surface area contributed by atoms with Gasteiger partial charge < -0.3 is 4.74 Å².